The molecule has 0 unspecified atom stereocenters. The topological polar surface area (TPSA) is 72.9 Å². The zero-order chi connectivity index (χ0) is 14.0. The molecule has 19 heavy (non-hydrogen) atoms. The summed E-state index contributed by atoms with van der Waals surface area (Å²) < 4.78 is 1.99. The van der Waals surface area contributed by atoms with Crippen molar-refractivity contribution in [3.63, 3.8) is 0 Å². The van der Waals surface area contributed by atoms with Crippen molar-refractivity contribution in [2.75, 3.05) is 13.1 Å². The first-order valence-corrected chi connectivity index (χ1v) is 6.32. The zero-order valence-electron chi connectivity index (χ0n) is 11.6. The van der Waals surface area contributed by atoms with Gasteiger partial charge in [0.25, 0.3) is 0 Å². The van der Waals surface area contributed by atoms with Gasteiger partial charge in [-0.05, 0) is 17.7 Å². The highest BCUT2D eigenvalue weighted by atomic mass is 16.1. The summed E-state index contributed by atoms with van der Waals surface area (Å²) in [7, 11) is 1.97. The molecule has 0 saturated heterocycles. The quantitative estimate of drug-likeness (QED) is 0.858. The third-order valence-electron chi connectivity index (χ3n) is 3.42. The molecule has 1 heterocycles. The number of benzene rings is 1. The van der Waals surface area contributed by atoms with Gasteiger partial charge in [0.1, 0.15) is 0 Å². The molecule has 0 atom stereocenters. The Morgan fingerprint density at radius 3 is 2.89 bits per heavy atom. The van der Waals surface area contributed by atoms with Gasteiger partial charge < -0.3 is 15.6 Å². The molecule has 1 amide bonds. The van der Waals surface area contributed by atoms with Gasteiger partial charge >= 0.3 is 0 Å². The first kappa shape index (κ1) is 13.5. The number of carbonyl (C=O) groups excluding carboxylic acids is 1. The molecule has 2 aromatic rings. The van der Waals surface area contributed by atoms with E-state index in [4.69, 9.17) is 5.73 Å². The van der Waals surface area contributed by atoms with Gasteiger partial charge in [-0.2, -0.15) is 0 Å². The second-order valence-corrected chi connectivity index (χ2v) is 5.42. The number of aromatic nitrogens is 2. The van der Waals surface area contributed by atoms with Crippen LogP contribution in [0.2, 0.25) is 0 Å². The largest absolute Gasteiger partial charge is 0.354 e. The minimum absolute atomic E-state index is 0.0232. The Hall–Kier alpha value is -1.88. The van der Waals surface area contributed by atoms with E-state index in [0.29, 0.717) is 6.54 Å². The van der Waals surface area contributed by atoms with Crippen molar-refractivity contribution >= 4 is 16.9 Å². The first-order valence-electron chi connectivity index (χ1n) is 6.32. The molecular weight excluding hydrogens is 240 g/mol. The molecule has 5 heteroatoms. The van der Waals surface area contributed by atoms with Crippen molar-refractivity contribution < 1.29 is 4.79 Å². The van der Waals surface area contributed by atoms with Crippen LogP contribution in [-0.4, -0.2) is 28.5 Å². The molecule has 5 nitrogen and oxygen atoms in total. The lowest BCUT2D eigenvalue weighted by Crippen LogP contribution is -2.39. The highest BCUT2D eigenvalue weighted by molar-refractivity contribution is 5.78. The highest BCUT2D eigenvalue weighted by Gasteiger charge is 2.22. The maximum atomic E-state index is 11.3. The fourth-order valence-electron chi connectivity index (χ4n) is 2.05. The molecule has 0 aliphatic heterocycles. The van der Waals surface area contributed by atoms with E-state index >= 15 is 0 Å². The van der Waals surface area contributed by atoms with Gasteiger partial charge in [0.15, 0.2) is 0 Å². The number of nitrogens with zero attached hydrogens (tertiary/aromatic N) is 2. The second kappa shape index (κ2) is 5.01. The molecular formula is C14H20N4O. The molecule has 0 aliphatic carbocycles. The predicted octanol–water partition coefficient (Wildman–Crippen LogP) is 0.926. The lowest BCUT2D eigenvalue weighted by Gasteiger charge is -2.25. The third kappa shape index (κ3) is 2.76. The average molecular weight is 260 g/mol. The fraction of sp³-hybridized carbons (Fsp3) is 0.429. The minimum atomic E-state index is -0.156. The fourth-order valence-corrected chi connectivity index (χ4v) is 2.05. The Labute approximate surface area is 112 Å². The van der Waals surface area contributed by atoms with Crippen molar-refractivity contribution in [2.24, 2.45) is 12.8 Å². The monoisotopic (exact) mass is 260 g/mol. The third-order valence-corrected chi connectivity index (χ3v) is 3.42. The van der Waals surface area contributed by atoms with E-state index in [-0.39, 0.29) is 17.9 Å². The molecule has 1 aromatic heterocycles. The summed E-state index contributed by atoms with van der Waals surface area (Å²) in [5.41, 5.74) is 8.36. The van der Waals surface area contributed by atoms with Gasteiger partial charge in [0.2, 0.25) is 5.91 Å². The van der Waals surface area contributed by atoms with E-state index in [2.05, 4.69) is 42.3 Å². The summed E-state index contributed by atoms with van der Waals surface area (Å²) in [6.45, 7) is 4.76. The first-order chi connectivity index (χ1) is 8.94. The van der Waals surface area contributed by atoms with E-state index in [0.717, 1.165) is 16.6 Å². The second-order valence-electron chi connectivity index (χ2n) is 5.42. The SMILES string of the molecule is Cn1cnc2cc(C(C)(C)CNC(=O)CN)ccc21. The van der Waals surface area contributed by atoms with Crippen LogP contribution in [0.25, 0.3) is 11.0 Å². The Balaban J connectivity index is 2.24. The van der Waals surface area contributed by atoms with Crippen LogP contribution in [0.1, 0.15) is 19.4 Å². The van der Waals surface area contributed by atoms with Crippen molar-refractivity contribution in [2.45, 2.75) is 19.3 Å². The van der Waals surface area contributed by atoms with E-state index in [9.17, 15) is 4.79 Å². The van der Waals surface area contributed by atoms with Crippen LogP contribution in [0, 0.1) is 0 Å². The van der Waals surface area contributed by atoms with Crippen molar-refractivity contribution in [1.82, 2.24) is 14.9 Å². The van der Waals surface area contributed by atoms with E-state index in [1.54, 1.807) is 6.33 Å². The van der Waals surface area contributed by atoms with E-state index in [1.165, 1.54) is 0 Å². The number of aryl methyl sites for hydroxylation is 1. The van der Waals surface area contributed by atoms with Crippen molar-refractivity contribution in [3.05, 3.63) is 30.1 Å². The van der Waals surface area contributed by atoms with E-state index < -0.39 is 0 Å². The summed E-state index contributed by atoms with van der Waals surface area (Å²) >= 11 is 0. The van der Waals surface area contributed by atoms with Gasteiger partial charge in [0.05, 0.1) is 23.9 Å². The number of rotatable bonds is 4. The van der Waals surface area contributed by atoms with Gasteiger partial charge in [-0.15, -0.1) is 0 Å². The normalized spacial score (nSPS) is 11.8. The number of hydrogen-bond donors (Lipinski definition) is 2. The molecule has 2 rings (SSSR count). The maximum absolute atomic E-state index is 11.3. The van der Waals surface area contributed by atoms with Crippen LogP contribution in [-0.2, 0) is 17.3 Å². The zero-order valence-corrected chi connectivity index (χ0v) is 11.6. The number of nitrogens with one attached hydrogen (secondary N) is 1. The van der Waals surface area contributed by atoms with Gasteiger partial charge in [0, 0.05) is 19.0 Å². The number of fused-ring (bicyclic) bond motifs is 1. The molecule has 0 fully saturated rings. The summed E-state index contributed by atoms with van der Waals surface area (Å²) in [5.74, 6) is -0.132. The molecule has 0 bridgehead atoms. The summed E-state index contributed by atoms with van der Waals surface area (Å²) in [6, 6.07) is 6.22. The van der Waals surface area contributed by atoms with Gasteiger partial charge in [-0.25, -0.2) is 4.98 Å². The van der Waals surface area contributed by atoms with E-state index in [1.807, 2.05) is 11.6 Å². The molecule has 0 aliphatic rings. The lowest BCUT2D eigenvalue weighted by molar-refractivity contribution is -0.119. The number of imidazole rings is 1. The summed E-state index contributed by atoms with van der Waals surface area (Å²) in [5, 5.41) is 2.83. The van der Waals surface area contributed by atoms with Crippen LogP contribution >= 0.6 is 0 Å². The number of amides is 1. The Kier molecular flexibility index (Phi) is 3.57. The van der Waals surface area contributed by atoms with Crippen molar-refractivity contribution in [3.8, 4) is 0 Å². The summed E-state index contributed by atoms with van der Waals surface area (Å²) in [6.07, 6.45) is 1.80. The van der Waals surface area contributed by atoms with Gasteiger partial charge in [-0.1, -0.05) is 19.9 Å². The molecule has 102 valence electrons. The smallest absolute Gasteiger partial charge is 0.233 e. The highest BCUT2D eigenvalue weighted by Crippen LogP contribution is 2.25. The molecule has 0 radical (unpaired) electrons. The Bertz CT molecular complexity index is 601. The maximum Gasteiger partial charge on any atom is 0.233 e. The molecule has 3 N–H and O–H groups in total. The lowest BCUT2D eigenvalue weighted by atomic mass is 9.84. The molecule has 0 saturated carbocycles. The van der Waals surface area contributed by atoms with Crippen molar-refractivity contribution in [1.29, 1.82) is 0 Å². The Morgan fingerprint density at radius 1 is 1.47 bits per heavy atom. The summed E-state index contributed by atoms with van der Waals surface area (Å²) in [4.78, 5) is 15.6. The number of carbonyl (C=O) groups is 1. The van der Waals surface area contributed by atoms with Crippen LogP contribution in [0.3, 0.4) is 0 Å². The number of hydrogen-bond acceptors (Lipinski definition) is 3. The number of nitrogens with two attached hydrogens (primary N) is 1. The van der Waals surface area contributed by atoms with Crippen LogP contribution in [0.15, 0.2) is 24.5 Å². The predicted molar refractivity (Wildman–Crippen MR) is 75.8 cm³/mol. The molecule has 0 spiro atoms. The van der Waals surface area contributed by atoms with Crippen LogP contribution in [0.5, 0.6) is 0 Å². The van der Waals surface area contributed by atoms with Gasteiger partial charge in [-0.3, -0.25) is 4.79 Å². The Morgan fingerprint density at radius 2 is 2.21 bits per heavy atom. The van der Waals surface area contributed by atoms with Crippen LogP contribution < -0.4 is 11.1 Å². The van der Waals surface area contributed by atoms with Crippen LogP contribution in [0.4, 0.5) is 0 Å². The minimum Gasteiger partial charge on any atom is -0.354 e. The average Bonchev–Trinajstić information content (AvgIpc) is 2.77. The standard InChI is InChI=1S/C14H20N4O/c1-14(2,8-16-13(19)7-15)10-4-5-12-11(6-10)17-9-18(12)3/h4-6,9H,7-8,15H2,1-3H3,(H,16,19). The molecule has 1 aromatic carbocycles.